The number of aliphatic carboxylic acids is 1. The van der Waals surface area contributed by atoms with E-state index < -0.39 is 29.9 Å². The maximum absolute atomic E-state index is 13.3. The van der Waals surface area contributed by atoms with Crippen LogP contribution in [0.3, 0.4) is 0 Å². The van der Waals surface area contributed by atoms with E-state index in [4.69, 9.17) is 21.4 Å². The molecule has 4 aromatic rings. The molecule has 228 valence electrons. The largest absolute Gasteiger partial charge is 0.481 e. The molecule has 0 radical (unpaired) electrons. The van der Waals surface area contributed by atoms with Crippen LogP contribution < -0.4 is 16.0 Å². The minimum atomic E-state index is -1.08. The van der Waals surface area contributed by atoms with Crippen LogP contribution in [0.15, 0.2) is 67.1 Å². The lowest BCUT2D eigenvalue weighted by Gasteiger charge is -2.17. The molecule has 0 bridgehead atoms. The number of nitrogens with one attached hydrogen (secondary N) is 3. The van der Waals surface area contributed by atoms with Crippen molar-refractivity contribution in [2.45, 2.75) is 32.4 Å². The van der Waals surface area contributed by atoms with Gasteiger partial charge in [-0.15, -0.1) is 5.10 Å². The molecule has 1 unspecified atom stereocenters. The summed E-state index contributed by atoms with van der Waals surface area (Å²) in [4.78, 5) is 48.7. The van der Waals surface area contributed by atoms with Crippen molar-refractivity contribution in [3.8, 4) is 5.69 Å². The van der Waals surface area contributed by atoms with Crippen LogP contribution in [0.1, 0.15) is 24.6 Å². The fraction of sp³-hybridized carbons (Fsp3) is 0.214. The van der Waals surface area contributed by atoms with Gasteiger partial charge in [0.05, 0.1) is 17.8 Å². The van der Waals surface area contributed by atoms with E-state index in [1.807, 2.05) is 6.92 Å². The van der Waals surface area contributed by atoms with Crippen LogP contribution in [0.2, 0.25) is 5.02 Å². The summed E-state index contributed by atoms with van der Waals surface area (Å²) in [7, 11) is 0. The SMILES string of the molecule is CCn1ccc(CC(NC(=O)C=Cc2cc(Cl)ccc2-n2cnnn2)C(=O)Nc2ccc(NC(=O)OCCC(=O)O)cc2)n1. The Kier molecular flexibility index (Phi) is 10.7. The molecule has 16 heteroatoms. The standard InChI is InChI=1S/C28H28ClN9O6/c1-2-37-13-11-22(34-37)16-23(27(42)31-20-5-7-21(8-6-20)32-28(43)44-14-12-26(40)41)33-25(39)10-3-18-15-19(29)4-9-24(18)38-17-30-35-36-38/h3-11,13,15,17,23H,2,12,14,16H2,1H3,(H,31,42)(H,32,43)(H,33,39)(H,40,41). The van der Waals surface area contributed by atoms with Crippen molar-refractivity contribution in [2.24, 2.45) is 0 Å². The summed E-state index contributed by atoms with van der Waals surface area (Å²) < 4.78 is 7.94. The van der Waals surface area contributed by atoms with Crippen LogP contribution in [-0.4, -0.2) is 71.6 Å². The first-order valence-electron chi connectivity index (χ1n) is 13.3. The first kappa shape index (κ1) is 31.4. The molecule has 44 heavy (non-hydrogen) atoms. The average Bonchev–Trinajstić information content (AvgIpc) is 3.69. The van der Waals surface area contributed by atoms with E-state index in [-0.39, 0.29) is 19.4 Å². The molecule has 15 nitrogen and oxygen atoms in total. The third kappa shape index (κ3) is 9.22. The van der Waals surface area contributed by atoms with Gasteiger partial charge in [0.1, 0.15) is 19.0 Å². The van der Waals surface area contributed by atoms with E-state index >= 15 is 0 Å². The number of halogens is 1. The second-order valence-electron chi connectivity index (χ2n) is 9.19. The van der Waals surface area contributed by atoms with E-state index in [1.165, 1.54) is 35.3 Å². The first-order valence-corrected chi connectivity index (χ1v) is 13.7. The summed E-state index contributed by atoms with van der Waals surface area (Å²) in [5.74, 6) is -2.12. The average molecular weight is 622 g/mol. The lowest BCUT2D eigenvalue weighted by atomic mass is 10.1. The number of carbonyl (C=O) groups excluding carboxylic acids is 3. The van der Waals surface area contributed by atoms with Crippen LogP contribution in [0.4, 0.5) is 16.2 Å². The van der Waals surface area contributed by atoms with Crippen LogP contribution in [-0.2, 0) is 32.1 Å². The fourth-order valence-electron chi connectivity index (χ4n) is 3.88. The molecule has 4 N–H and O–H groups in total. The van der Waals surface area contributed by atoms with E-state index in [9.17, 15) is 19.2 Å². The molecule has 3 amide bonds. The molecule has 0 aliphatic heterocycles. The van der Waals surface area contributed by atoms with E-state index in [1.54, 1.807) is 47.3 Å². The smallest absolute Gasteiger partial charge is 0.411 e. The molecule has 0 saturated carbocycles. The summed E-state index contributed by atoms with van der Waals surface area (Å²) in [6.45, 7) is 2.30. The molecule has 2 heterocycles. The Bertz CT molecular complexity index is 1640. The highest BCUT2D eigenvalue weighted by atomic mass is 35.5. The van der Waals surface area contributed by atoms with Gasteiger partial charge in [-0.05, 0) is 72.0 Å². The monoisotopic (exact) mass is 621 g/mol. The second kappa shape index (κ2) is 15.1. The van der Waals surface area contributed by atoms with E-state index in [0.29, 0.717) is 39.9 Å². The Hall–Kier alpha value is -5.57. The zero-order valence-electron chi connectivity index (χ0n) is 23.4. The molecular weight excluding hydrogens is 594 g/mol. The summed E-state index contributed by atoms with van der Waals surface area (Å²) in [6, 6.07) is 12.0. The zero-order valence-corrected chi connectivity index (χ0v) is 24.1. The molecule has 0 aliphatic carbocycles. The second-order valence-corrected chi connectivity index (χ2v) is 9.63. The molecule has 2 aromatic heterocycles. The van der Waals surface area contributed by atoms with Crippen molar-refractivity contribution in [1.82, 2.24) is 35.3 Å². The summed E-state index contributed by atoms with van der Waals surface area (Å²) >= 11 is 6.16. The number of hydrogen-bond donors (Lipinski definition) is 4. The van der Waals surface area contributed by atoms with Crippen LogP contribution in [0.25, 0.3) is 11.8 Å². The van der Waals surface area contributed by atoms with Gasteiger partial charge in [0.25, 0.3) is 0 Å². The lowest BCUT2D eigenvalue weighted by molar-refractivity contribution is -0.137. The van der Waals surface area contributed by atoms with Crippen molar-refractivity contribution in [3.05, 3.63) is 83.4 Å². The molecule has 4 rings (SSSR count). The topological polar surface area (TPSA) is 195 Å². The quantitative estimate of drug-likeness (QED) is 0.161. The van der Waals surface area contributed by atoms with Gasteiger partial charge in [-0.2, -0.15) is 9.78 Å². The minimum absolute atomic E-state index is 0.118. The van der Waals surface area contributed by atoms with Gasteiger partial charge in [-0.25, -0.2) is 4.79 Å². The van der Waals surface area contributed by atoms with Gasteiger partial charge >= 0.3 is 12.1 Å². The fourth-order valence-corrected chi connectivity index (χ4v) is 4.06. The van der Waals surface area contributed by atoms with Crippen LogP contribution in [0.5, 0.6) is 0 Å². The predicted molar refractivity (Wildman–Crippen MR) is 159 cm³/mol. The van der Waals surface area contributed by atoms with Gasteiger partial charge in [0.2, 0.25) is 11.8 Å². The number of hydrogen-bond acceptors (Lipinski definition) is 9. The highest BCUT2D eigenvalue weighted by Crippen LogP contribution is 2.20. The number of carboxylic acids is 1. The number of benzene rings is 2. The number of amides is 3. The van der Waals surface area contributed by atoms with E-state index in [2.05, 4.69) is 36.6 Å². The Morgan fingerprint density at radius 1 is 1.07 bits per heavy atom. The third-order valence-corrected chi connectivity index (χ3v) is 6.25. The van der Waals surface area contributed by atoms with Crippen LogP contribution >= 0.6 is 11.6 Å². The highest BCUT2D eigenvalue weighted by Gasteiger charge is 2.22. The number of aryl methyl sites for hydroxylation is 1. The molecule has 0 spiro atoms. The molecule has 2 aromatic carbocycles. The van der Waals surface area contributed by atoms with Gasteiger partial charge in [0.15, 0.2) is 0 Å². The maximum Gasteiger partial charge on any atom is 0.411 e. The van der Waals surface area contributed by atoms with Gasteiger partial charge in [-0.3, -0.25) is 24.4 Å². The molecule has 1 atom stereocenters. The number of rotatable bonds is 13. The number of anilines is 2. The summed E-state index contributed by atoms with van der Waals surface area (Å²) in [5.41, 5.74) is 2.54. The molecule has 0 fully saturated rings. The summed E-state index contributed by atoms with van der Waals surface area (Å²) in [6.07, 6.45) is 5.00. The van der Waals surface area contributed by atoms with Crippen molar-refractivity contribution in [1.29, 1.82) is 0 Å². The lowest BCUT2D eigenvalue weighted by Crippen LogP contribution is -2.44. The molecule has 0 saturated heterocycles. The number of nitrogens with zero attached hydrogens (tertiary/aromatic N) is 6. The first-order chi connectivity index (χ1) is 21.2. The Morgan fingerprint density at radius 2 is 1.82 bits per heavy atom. The number of aromatic nitrogens is 6. The van der Waals surface area contributed by atoms with Gasteiger partial charge in [-0.1, -0.05) is 11.6 Å². The zero-order chi connectivity index (χ0) is 31.5. The van der Waals surface area contributed by atoms with Crippen molar-refractivity contribution < 1.29 is 29.0 Å². The Morgan fingerprint density at radius 3 is 2.48 bits per heavy atom. The van der Waals surface area contributed by atoms with Gasteiger partial charge < -0.3 is 20.5 Å². The van der Waals surface area contributed by atoms with E-state index in [0.717, 1.165) is 0 Å². The predicted octanol–water partition coefficient (Wildman–Crippen LogP) is 2.93. The number of tetrazole rings is 1. The Labute approximate surface area is 255 Å². The summed E-state index contributed by atoms with van der Waals surface area (Å²) in [5, 5.41) is 32.6. The van der Waals surface area contributed by atoms with Crippen LogP contribution in [0, 0.1) is 0 Å². The van der Waals surface area contributed by atoms with Crippen molar-refractivity contribution in [3.63, 3.8) is 0 Å². The molecule has 0 aliphatic rings. The maximum atomic E-state index is 13.3. The number of carboxylic acid groups (broad SMARTS) is 1. The van der Waals surface area contributed by atoms with Gasteiger partial charge in [0, 0.05) is 47.2 Å². The highest BCUT2D eigenvalue weighted by molar-refractivity contribution is 6.30. The van der Waals surface area contributed by atoms with Crippen molar-refractivity contribution >= 4 is 52.9 Å². The normalized spacial score (nSPS) is 11.6. The Balaban J connectivity index is 1.44. The number of carbonyl (C=O) groups is 4. The van der Waals surface area contributed by atoms with Crippen molar-refractivity contribution in [2.75, 3.05) is 17.2 Å². The molecular formula is C28H28ClN9O6. The minimum Gasteiger partial charge on any atom is -0.481 e. The third-order valence-electron chi connectivity index (χ3n) is 6.01. The number of ether oxygens (including phenoxy) is 1.